The molecule has 0 aromatic heterocycles. The molecule has 1 rings (SSSR count). The molecule has 1 aromatic carbocycles. The Labute approximate surface area is 78.4 Å². The highest BCUT2D eigenvalue weighted by atomic mass is 35.5. The third kappa shape index (κ3) is 3.99. The lowest BCUT2D eigenvalue weighted by atomic mass is 10.2. The molecule has 0 bridgehead atoms. The molecule has 0 heterocycles. The maximum atomic E-state index is 5.53. The van der Waals surface area contributed by atoms with Gasteiger partial charge in [0.2, 0.25) is 0 Å². The molecule has 0 N–H and O–H groups in total. The van der Waals surface area contributed by atoms with Gasteiger partial charge in [0.15, 0.2) is 0 Å². The summed E-state index contributed by atoms with van der Waals surface area (Å²) in [6, 6.07) is 9.96. The van der Waals surface area contributed by atoms with Crippen molar-refractivity contribution in [3.8, 4) is 0 Å². The Morgan fingerprint density at radius 3 is 1.80 bits per heavy atom. The number of hydrogen-bond donors (Lipinski definition) is 0. The zero-order chi connectivity index (χ0) is 5.82. The van der Waals surface area contributed by atoms with Crippen LogP contribution in [0.1, 0.15) is 5.56 Å². The van der Waals surface area contributed by atoms with Gasteiger partial charge in [0, 0.05) is 5.88 Å². The van der Waals surface area contributed by atoms with Crippen LogP contribution in [0.2, 0.25) is 0 Å². The summed E-state index contributed by atoms with van der Waals surface area (Å²) in [7, 11) is 0. The average molecular weight is 200 g/mol. The molecule has 0 spiro atoms. The van der Waals surface area contributed by atoms with E-state index in [0.29, 0.717) is 5.88 Å². The molecule has 10 heavy (non-hydrogen) atoms. The molecule has 0 radical (unpaired) electrons. The minimum Gasteiger partial charge on any atom is -0.147 e. The van der Waals surface area contributed by atoms with Gasteiger partial charge in [-0.2, -0.15) is 0 Å². The zero-order valence-corrected chi connectivity index (χ0v) is 7.68. The van der Waals surface area contributed by atoms with Crippen molar-refractivity contribution in [1.29, 1.82) is 0 Å². The Morgan fingerprint density at radius 1 is 1.00 bits per heavy atom. The Balaban J connectivity index is 0. The minimum atomic E-state index is 0. The van der Waals surface area contributed by atoms with E-state index in [-0.39, 0.29) is 24.8 Å². The highest BCUT2D eigenvalue weighted by Crippen LogP contribution is 2.00. The van der Waals surface area contributed by atoms with Crippen LogP contribution >= 0.6 is 36.4 Å². The molecule has 0 saturated carbocycles. The fourth-order valence-electron chi connectivity index (χ4n) is 0.567. The molecule has 0 amide bonds. The third-order valence-electron chi connectivity index (χ3n) is 0.997. The number of alkyl halides is 1. The molecule has 58 valence electrons. The fraction of sp³-hybridized carbons (Fsp3) is 0.143. The van der Waals surface area contributed by atoms with Crippen LogP contribution < -0.4 is 0 Å². The van der Waals surface area contributed by atoms with Crippen LogP contribution in [-0.4, -0.2) is 0 Å². The Morgan fingerprint density at radius 2 is 1.50 bits per heavy atom. The van der Waals surface area contributed by atoms with Crippen molar-refractivity contribution in [3.05, 3.63) is 35.9 Å². The second-order valence-corrected chi connectivity index (χ2v) is 1.89. The summed E-state index contributed by atoms with van der Waals surface area (Å²) in [6.45, 7) is 0. The van der Waals surface area contributed by atoms with Gasteiger partial charge in [-0.15, -0.1) is 36.4 Å². The Hall–Kier alpha value is 0.0900. The van der Waals surface area contributed by atoms with E-state index in [2.05, 4.69) is 0 Å². The standard InChI is InChI=1S/C7H7Cl.2ClH/c8-6-7-4-2-1-3-5-7;;/h1-5H,6H2;2*1H. The predicted molar refractivity (Wildman–Crippen MR) is 50.5 cm³/mol. The summed E-state index contributed by atoms with van der Waals surface area (Å²) in [6.07, 6.45) is 0. The molecule has 0 fully saturated rings. The molecule has 0 saturated heterocycles. The van der Waals surface area contributed by atoms with Crippen molar-refractivity contribution in [1.82, 2.24) is 0 Å². The number of halogens is 3. The molecule has 0 unspecified atom stereocenters. The third-order valence-corrected chi connectivity index (χ3v) is 1.31. The molecule has 0 nitrogen and oxygen atoms in total. The van der Waals surface area contributed by atoms with Gasteiger partial charge in [-0.1, -0.05) is 30.3 Å². The van der Waals surface area contributed by atoms with Gasteiger partial charge in [-0.3, -0.25) is 0 Å². The first-order valence-electron chi connectivity index (χ1n) is 2.53. The largest absolute Gasteiger partial charge is 0.147 e. The highest BCUT2D eigenvalue weighted by Gasteiger charge is 1.81. The van der Waals surface area contributed by atoms with Crippen LogP contribution in [0.3, 0.4) is 0 Å². The quantitative estimate of drug-likeness (QED) is 0.609. The molecular weight excluding hydrogens is 190 g/mol. The van der Waals surface area contributed by atoms with Crippen molar-refractivity contribution in [2.75, 3.05) is 0 Å². The molecule has 0 aliphatic heterocycles. The van der Waals surface area contributed by atoms with Gasteiger partial charge in [0.1, 0.15) is 0 Å². The van der Waals surface area contributed by atoms with Crippen molar-refractivity contribution < 1.29 is 0 Å². The highest BCUT2D eigenvalue weighted by molar-refractivity contribution is 6.17. The fourth-order valence-corrected chi connectivity index (χ4v) is 0.745. The second-order valence-electron chi connectivity index (χ2n) is 1.62. The van der Waals surface area contributed by atoms with Crippen molar-refractivity contribution in [2.24, 2.45) is 0 Å². The number of benzene rings is 1. The van der Waals surface area contributed by atoms with Crippen LogP contribution in [0.15, 0.2) is 30.3 Å². The molecule has 3 heteroatoms. The molecular formula is C7H9Cl3. The van der Waals surface area contributed by atoms with Crippen LogP contribution in [0.25, 0.3) is 0 Å². The lowest BCUT2D eigenvalue weighted by Gasteiger charge is -1.88. The van der Waals surface area contributed by atoms with E-state index in [4.69, 9.17) is 11.6 Å². The summed E-state index contributed by atoms with van der Waals surface area (Å²) in [4.78, 5) is 0. The summed E-state index contributed by atoms with van der Waals surface area (Å²) >= 11 is 5.53. The average Bonchev–Trinajstić information content (AvgIpc) is 1.90. The first-order chi connectivity index (χ1) is 3.93. The lowest BCUT2D eigenvalue weighted by molar-refractivity contribution is 1.41. The minimum absolute atomic E-state index is 0. The van der Waals surface area contributed by atoms with Crippen LogP contribution in [0.4, 0.5) is 0 Å². The summed E-state index contributed by atoms with van der Waals surface area (Å²) < 4.78 is 0. The van der Waals surface area contributed by atoms with Crippen molar-refractivity contribution >= 4 is 36.4 Å². The SMILES string of the molecule is Cl.Cl.ClCc1ccccc1. The van der Waals surface area contributed by atoms with Gasteiger partial charge in [-0.25, -0.2) is 0 Å². The molecule has 0 atom stereocenters. The normalized spacial score (nSPS) is 7.30. The van der Waals surface area contributed by atoms with E-state index in [1.54, 1.807) is 0 Å². The van der Waals surface area contributed by atoms with E-state index in [0.717, 1.165) is 0 Å². The summed E-state index contributed by atoms with van der Waals surface area (Å²) in [5.41, 5.74) is 1.18. The smallest absolute Gasteiger partial charge is 0.0474 e. The molecule has 0 aliphatic rings. The van der Waals surface area contributed by atoms with Crippen molar-refractivity contribution in [2.45, 2.75) is 5.88 Å². The van der Waals surface area contributed by atoms with Crippen LogP contribution in [0, 0.1) is 0 Å². The van der Waals surface area contributed by atoms with Crippen molar-refractivity contribution in [3.63, 3.8) is 0 Å². The van der Waals surface area contributed by atoms with Gasteiger partial charge >= 0.3 is 0 Å². The van der Waals surface area contributed by atoms with Gasteiger partial charge in [0.25, 0.3) is 0 Å². The summed E-state index contributed by atoms with van der Waals surface area (Å²) in [5.74, 6) is 0.612. The summed E-state index contributed by atoms with van der Waals surface area (Å²) in [5, 5.41) is 0. The van der Waals surface area contributed by atoms with Crippen LogP contribution in [0.5, 0.6) is 0 Å². The maximum Gasteiger partial charge on any atom is 0.0474 e. The van der Waals surface area contributed by atoms with E-state index in [9.17, 15) is 0 Å². The van der Waals surface area contributed by atoms with E-state index in [1.165, 1.54) is 5.56 Å². The monoisotopic (exact) mass is 198 g/mol. The Bertz CT molecular complexity index is 150. The van der Waals surface area contributed by atoms with Gasteiger partial charge in [-0.05, 0) is 5.56 Å². The van der Waals surface area contributed by atoms with E-state index in [1.807, 2.05) is 30.3 Å². The van der Waals surface area contributed by atoms with Gasteiger partial charge < -0.3 is 0 Å². The Kier molecular flexibility index (Phi) is 9.17. The predicted octanol–water partition coefficient (Wildman–Crippen LogP) is 3.27. The molecule has 1 aromatic rings. The van der Waals surface area contributed by atoms with E-state index >= 15 is 0 Å². The topological polar surface area (TPSA) is 0 Å². The number of hydrogen-bond acceptors (Lipinski definition) is 0. The second kappa shape index (κ2) is 7.20. The van der Waals surface area contributed by atoms with E-state index < -0.39 is 0 Å². The number of rotatable bonds is 1. The maximum absolute atomic E-state index is 5.53. The molecule has 0 aliphatic carbocycles. The lowest BCUT2D eigenvalue weighted by Crippen LogP contribution is -1.71. The van der Waals surface area contributed by atoms with Crippen LogP contribution in [-0.2, 0) is 5.88 Å². The first-order valence-corrected chi connectivity index (χ1v) is 3.07. The van der Waals surface area contributed by atoms with Gasteiger partial charge in [0.05, 0.1) is 0 Å². The first kappa shape index (κ1) is 12.7. The zero-order valence-electron chi connectivity index (χ0n) is 5.29.